The Morgan fingerprint density at radius 3 is 2.77 bits per heavy atom. The standard InChI is InChI=1S/C30H37FN4O4/c1-30(2,3)39-29(37)35-24-9-8-22(13-24)28(35)27(36)12-19(15-32)11-21-7-6-20(14-26(21)31)23-16-33-34(17-23)18-25-5-4-10-38-25/h6-7,14,16-17,19,22,24-25,28H,4-5,8-13,18H2,1-3H3/t19-,22+,24-,25+,28+/m1/s1. The average molecular weight is 537 g/mol. The number of halogens is 1. The highest BCUT2D eigenvalue weighted by molar-refractivity contribution is 5.89. The van der Waals surface area contributed by atoms with E-state index in [1.54, 1.807) is 37.9 Å². The quantitative estimate of drug-likeness (QED) is 0.454. The Hall–Kier alpha value is -3.25. The molecule has 3 fully saturated rings. The molecule has 2 saturated heterocycles. The monoisotopic (exact) mass is 536 g/mol. The van der Waals surface area contributed by atoms with E-state index in [1.807, 2.05) is 16.9 Å². The number of likely N-dealkylation sites (tertiary alicyclic amines) is 1. The summed E-state index contributed by atoms with van der Waals surface area (Å²) in [5, 5.41) is 14.2. The number of hydrogen-bond donors (Lipinski definition) is 0. The highest BCUT2D eigenvalue weighted by Gasteiger charge is 2.52. The largest absolute Gasteiger partial charge is 0.444 e. The van der Waals surface area contributed by atoms with Crippen LogP contribution in [0.5, 0.6) is 0 Å². The maximum absolute atomic E-state index is 15.1. The van der Waals surface area contributed by atoms with E-state index in [2.05, 4.69) is 11.2 Å². The Balaban J connectivity index is 1.23. The van der Waals surface area contributed by atoms with Crippen LogP contribution in [0.15, 0.2) is 30.6 Å². The smallest absolute Gasteiger partial charge is 0.411 e. The number of ether oxygens (including phenoxy) is 2. The fourth-order valence-corrected chi connectivity index (χ4v) is 6.27. The van der Waals surface area contributed by atoms with Crippen LogP contribution in [-0.4, -0.2) is 57.0 Å². The zero-order valence-corrected chi connectivity index (χ0v) is 22.9. The summed E-state index contributed by atoms with van der Waals surface area (Å²) in [5.74, 6) is -1.16. The number of nitriles is 1. The molecule has 3 aliphatic rings. The Kier molecular flexibility index (Phi) is 7.77. The SMILES string of the molecule is CC(C)(C)OC(=O)N1[C@@H]2CC[C@@H](C2)[C@H]1C(=O)C[C@H](C#N)Cc1ccc(-c2cnn(C[C@@H]3CCCO3)c2)cc1F. The topological polar surface area (TPSA) is 97.5 Å². The average Bonchev–Trinajstić information content (AvgIpc) is 3.68. The Bertz CT molecular complexity index is 1260. The van der Waals surface area contributed by atoms with Crippen molar-refractivity contribution in [2.24, 2.45) is 11.8 Å². The van der Waals surface area contributed by atoms with Crippen LogP contribution in [0.2, 0.25) is 0 Å². The molecular formula is C30H37FN4O4. The number of piperidine rings is 1. The van der Waals surface area contributed by atoms with Crippen molar-refractivity contribution in [2.75, 3.05) is 6.61 Å². The first-order valence-corrected chi connectivity index (χ1v) is 14.0. The van der Waals surface area contributed by atoms with E-state index in [9.17, 15) is 14.9 Å². The second-order valence-corrected chi connectivity index (χ2v) is 12.2. The van der Waals surface area contributed by atoms with Crippen molar-refractivity contribution in [3.63, 3.8) is 0 Å². The van der Waals surface area contributed by atoms with Gasteiger partial charge in [0.2, 0.25) is 0 Å². The summed E-state index contributed by atoms with van der Waals surface area (Å²) >= 11 is 0. The normalized spacial score (nSPS) is 25.1. The predicted molar refractivity (Wildman–Crippen MR) is 142 cm³/mol. The molecule has 39 heavy (non-hydrogen) atoms. The minimum Gasteiger partial charge on any atom is -0.444 e. The fraction of sp³-hybridized carbons (Fsp3) is 0.600. The van der Waals surface area contributed by atoms with E-state index in [4.69, 9.17) is 9.47 Å². The van der Waals surface area contributed by atoms with Gasteiger partial charge in [0.05, 0.1) is 36.9 Å². The molecule has 0 spiro atoms. The van der Waals surface area contributed by atoms with Crippen molar-refractivity contribution < 1.29 is 23.5 Å². The molecule has 1 aliphatic carbocycles. The zero-order chi connectivity index (χ0) is 27.7. The Morgan fingerprint density at radius 1 is 1.26 bits per heavy atom. The lowest BCUT2D eigenvalue weighted by Gasteiger charge is -2.35. The molecule has 9 heteroatoms. The number of aromatic nitrogens is 2. The number of Topliss-reactive ketones (excluding diaryl/α,β-unsaturated/α-hetero) is 1. The van der Waals surface area contributed by atoms with E-state index >= 15 is 4.39 Å². The second kappa shape index (κ2) is 11.1. The second-order valence-electron chi connectivity index (χ2n) is 12.2. The van der Waals surface area contributed by atoms with Gasteiger partial charge in [-0.2, -0.15) is 10.4 Å². The summed E-state index contributed by atoms with van der Waals surface area (Å²) in [6.07, 6.45) is 8.00. The van der Waals surface area contributed by atoms with Crippen LogP contribution in [0.25, 0.3) is 11.1 Å². The van der Waals surface area contributed by atoms with Crippen LogP contribution in [-0.2, 0) is 27.2 Å². The minimum atomic E-state index is -0.688. The van der Waals surface area contributed by atoms with Gasteiger partial charge in [0.25, 0.3) is 0 Å². The molecule has 5 atom stereocenters. The van der Waals surface area contributed by atoms with Crippen LogP contribution in [0.1, 0.15) is 64.9 Å². The van der Waals surface area contributed by atoms with Gasteiger partial charge in [-0.15, -0.1) is 0 Å². The van der Waals surface area contributed by atoms with E-state index in [0.29, 0.717) is 17.7 Å². The van der Waals surface area contributed by atoms with Gasteiger partial charge in [0, 0.05) is 30.8 Å². The molecule has 0 radical (unpaired) electrons. The van der Waals surface area contributed by atoms with Crippen LogP contribution < -0.4 is 0 Å². The first kappa shape index (κ1) is 27.3. The number of benzene rings is 1. The van der Waals surface area contributed by atoms with Crippen LogP contribution in [0.4, 0.5) is 9.18 Å². The third kappa shape index (κ3) is 6.17. The molecule has 0 N–H and O–H groups in total. The van der Waals surface area contributed by atoms with Crippen LogP contribution >= 0.6 is 0 Å². The number of ketones is 1. The molecule has 1 saturated carbocycles. The molecule has 208 valence electrons. The van der Waals surface area contributed by atoms with Crippen LogP contribution in [0, 0.1) is 29.0 Å². The first-order chi connectivity index (χ1) is 18.6. The van der Waals surface area contributed by atoms with Crippen LogP contribution in [0.3, 0.4) is 0 Å². The molecule has 1 aromatic carbocycles. The zero-order valence-electron chi connectivity index (χ0n) is 22.9. The third-order valence-electron chi connectivity index (χ3n) is 8.05. The van der Waals surface area contributed by atoms with Crippen molar-refractivity contribution in [1.82, 2.24) is 14.7 Å². The first-order valence-electron chi connectivity index (χ1n) is 14.0. The summed E-state index contributed by atoms with van der Waals surface area (Å²) in [5.41, 5.74) is 1.24. The summed E-state index contributed by atoms with van der Waals surface area (Å²) in [6.45, 7) is 6.87. The molecule has 1 amide bonds. The number of fused-ring (bicyclic) bond motifs is 2. The number of rotatable bonds is 8. The number of hydrogen-bond acceptors (Lipinski definition) is 6. The lowest BCUT2D eigenvalue weighted by atomic mass is 9.87. The van der Waals surface area contributed by atoms with E-state index in [-0.39, 0.29) is 36.7 Å². The van der Waals surface area contributed by atoms with Gasteiger partial charge in [0.1, 0.15) is 11.4 Å². The predicted octanol–water partition coefficient (Wildman–Crippen LogP) is 5.30. The molecule has 8 nitrogen and oxygen atoms in total. The van der Waals surface area contributed by atoms with Gasteiger partial charge in [-0.05, 0) is 82.4 Å². The number of carbonyl (C=O) groups is 2. The van der Waals surface area contributed by atoms with Gasteiger partial charge < -0.3 is 9.47 Å². The van der Waals surface area contributed by atoms with Gasteiger partial charge in [-0.1, -0.05) is 12.1 Å². The molecule has 2 aromatic rings. The van der Waals surface area contributed by atoms with Gasteiger partial charge >= 0.3 is 6.09 Å². The third-order valence-corrected chi connectivity index (χ3v) is 8.05. The highest BCUT2D eigenvalue weighted by Crippen LogP contribution is 2.44. The Morgan fingerprint density at radius 2 is 2.08 bits per heavy atom. The fourth-order valence-electron chi connectivity index (χ4n) is 6.27. The van der Waals surface area contributed by atoms with E-state index < -0.39 is 29.5 Å². The molecule has 2 aliphatic heterocycles. The molecule has 2 bridgehead atoms. The van der Waals surface area contributed by atoms with E-state index in [1.165, 1.54) is 6.07 Å². The maximum atomic E-state index is 15.1. The Labute approximate surface area is 229 Å². The number of amides is 1. The molecule has 5 rings (SSSR count). The van der Waals surface area contributed by atoms with Crippen molar-refractivity contribution in [3.05, 3.63) is 42.0 Å². The number of nitrogens with zero attached hydrogens (tertiary/aromatic N) is 4. The summed E-state index contributed by atoms with van der Waals surface area (Å²) < 4.78 is 28.2. The lowest BCUT2D eigenvalue weighted by molar-refractivity contribution is -0.126. The summed E-state index contributed by atoms with van der Waals surface area (Å²) in [6, 6.07) is 6.58. The molecule has 1 aromatic heterocycles. The summed E-state index contributed by atoms with van der Waals surface area (Å²) in [4.78, 5) is 27.9. The molecular weight excluding hydrogens is 499 g/mol. The lowest BCUT2D eigenvalue weighted by Crippen LogP contribution is -2.51. The van der Waals surface area contributed by atoms with Crippen molar-refractivity contribution in [1.29, 1.82) is 5.26 Å². The van der Waals surface area contributed by atoms with Gasteiger partial charge in [-0.25, -0.2) is 9.18 Å². The van der Waals surface area contributed by atoms with Gasteiger partial charge in [0.15, 0.2) is 5.78 Å². The van der Waals surface area contributed by atoms with Crippen molar-refractivity contribution in [2.45, 2.75) is 96.1 Å². The molecule has 0 unspecified atom stereocenters. The molecule has 3 heterocycles. The van der Waals surface area contributed by atoms with E-state index in [0.717, 1.165) is 44.3 Å². The summed E-state index contributed by atoms with van der Waals surface area (Å²) in [7, 11) is 0. The number of carbonyl (C=O) groups excluding carboxylic acids is 2. The van der Waals surface area contributed by atoms with Crippen molar-refractivity contribution >= 4 is 11.9 Å². The maximum Gasteiger partial charge on any atom is 0.411 e. The van der Waals surface area contributed by atoms with Crippen molar-refractivity contribution in [3.8, 4) is 17.2 Å². The minimum absolute atomic E-state index is 0.000583. The van der Waals surface area contributed by atoms with Gasteiger partial charge in [-0.3, -0.25) is 14.4 Å². The highest BCUT2D eigenvalue weighted by atomic mass is 19.1.